The van der Waals surface area contributed by atoms with Crippen LogP contribution in [0, 0.1) is 5.92 Å². The van der Waals surface area contributed by atoms with E-state index in [1.807, 2.05) is 6.92 Å². The summed E-state index contributed by atoms with van der Waals surface area (Å²) in [6.45, 7) is 2.53. The molecule has 2 heterocycles. The monoisotopic (exact) mass is 278 g/mol. The van der Waals surface area contributed by atoms with Gasteiger partial charge in [-0.3, -0.25) is 0 Å². The first-order chi connectivity index (χ1) is 8.42. The number of ether oxygens (including phenoxy) is 2. The van der Waals surface area contributed by atoms with E-state index < -0.39 is 15.6 Å². The Hall–Kier alpha value is -0.170. The largest absolute Gasteiger partial charge is 0.396 e. The van der Waals surface area contributed by atoms with Gasteiger partial charge >= 0.3 is 0 Å². The van der Waals surface area contributed by atoms with E-state index in [-0.39, 0.29) is 24.2 Å². The van der Waals surface area contributed by atoms with Crippen LogP contribution in [0.2, 0.25) is 0 Å². The first-order valence-corrected chi connectivity index (χ1v) is 8.38. The Bertz CT molecular complexity index is 366. The van der Waals surface area contributed by atoms with Gasteiger partial charge in [0.15, 0.2) is 5.79 Å². The van der Waals surface area contributed by atoms with Crippen LogP contribution in [0.3, 0.4) is 0 Å². The number of aliphatic hydroxyl groups excluding tert-OH is 1. The molecular formula is C12H22O5S. The minimum atomic E-state index is -2.80. The number of hydrogen-bond acceptors (Lipinski definition) is 5. The van der Waals surface area contributed by atoms with Crippen molar-refractivity contribution >= 4 is 9.84 Å². The van der Waals surface area contributed by atoms with Crippen molar-refractivity contribution in [1.29, 1.82) is 0 Å². The normalized spacial score (nSPS) is 36.9. The fourth-order valence-electron chi connectivity index (χ4n) is 2.75. The highest BCUT2D eigenvalue weighted by Crippen LogP contribution is 2.34. The molecule has 2 saturated heterocycles. The molecule has 0 aromatic rings. The van der Waals surface area contributed by atoms with Crippen LogP contribution < -0.4 is 0 Å². The molecule has 0 aromatic heterocycles. The molecule has 18 heavy (non-hydrogen) atoms. The lowest BCUT2D eigenvalue weighted by Gasteiger charge is -2.30. The summed E-state index contributed by atoms with van der Waals surface area (Å²) in [5.41, 5.74) is 0. The molecule has 5 nitrogen and oxygen atoms in total. The molecule has 106 valence electrons. The molecule has 2 unspecified atom stereocenters. The predicted molar refractivity (Wildman–Crippen MR) is 66.9 cm³/mol. The lowest BCUT2D eigenvalue weighted by atomic mass is 9.94. The highest BCUT2D eigenvalue weighted by Gasteiger charge is 2.39. The van der Waals surface area contributed by atoms with Crippen LogP contribution >= 0.6 is 0 Å². The van der Waals surface area contributed by atoms with E-state index in [4.69, 9.17) is 14.6 Å². The third-order valence-corrected chi connectivity index (χ3v) is 5.49. The zero-order valence-corrected chi connectivity index (χ0v) is 11.6. The van der Waals surface area contributed by atoms with Crippen molar-refractivity contribution < 1.29 is 23.0 Å². The van der Waals surface area contributed by atoms with Crippen molar-refractivity contribution in [3.8, 4) is 0 Å². The number of rotatable bonds is 4. The minimum absolute atomic E-state index is 0.0349. The molecule has 0 radical (unpaired) electrons. The van der Waals surface area contributed by atoms with Gasteiger partial charge in [-0.15, -0.1) is 0 Å². The predicted octanol–water partition coefficient (Wildman–Crippen LogP) is 0.715. The summed E-state index contributed by atoms with van der Waals surface area (Å²) in [6, 6.07) is 0. The molecule has 0 spiro atoms. The molecule has 0 aromatic carbocycles. The Morgan fingerprint density at radius 1 is 1.33 bits per heavy atom. The Labute approximate surface area is 108 Å². The second-order valence-corrected chi connectivity index (χ2v) is 7.80. The zero-order valence-electron chi connectivity index (χ0n) is 10.8. The molecule has 1 N–H and O–H groups in total. The van der Waals surface area contributed by atoms with Crippen molar-refractivity contribution in [1.82, 2.24) is 0 Å². The molecule has 2 aliphatic rings. The first kappa shape index (κ1) is 14.2. The average molecular weight is 278 g/mol. The van der Waals surface area contributed by atoms with Gasteiger partial charge in [-0.2, -0.15) is 0 Å². The van der Waals surface area contributed by atoms with Gasteiger partial charge in [0.25, 0.3) is 0 Å². The van der Waals surface area contributed by atoms with Gasteiger partial charge in [0.05, 0.1) is 24.2 Å². The summed E-state index contributed by atoms with van der Waals surface area (Å²) in [5, 5.41) is 8.87. The maximum Gasteiger partial charge on any atom is 0.166 e. The van der Waals surface area contributed by atoms with Crippen LogP contribution in [0.25, 0.3) is 0 Å². The Balaban J connectivity index is 1.83. The fraction of sp³-hybridized carbons (Fsp3) is 1.00. The topological polar surface area (TPSA) is 72.8 Å². The minimum Gasteiger partial charge on any atom is -0.396 e. The van der Waals surface area contributed by atoms with Crippen molar-refractivity contribution in [2.75, 3.05) is 24.7 Å². The summed E-state index contributed by atoms with van der Waals surface area (Å²) in [4.78, 5) is 0. The number of aliphatic hydroxyl groups is 1. The number of hydrogen-bond donors (Lipinski definition) is 1. The van der Waals surface area contributed by atoms with Crippen molar-refractivity contribution in [2.24, 2.45) is 5.92 Å². The van der Waals surface area contributed by atoms with Gasteiger partial charge in [-0.05, 0) is 32.1 Å². The number of sulfone groups is 1. The SMILES string of the molecule is CC1(CC2CCS(=O)(=O)CC2)OCC(CCO)O1. The zero-order chi connectivity index (χ0) is 13.2. The van der Waals surface area contributed by atoms with Gasteiger partial charge in [0, 0.05) is 13.0 Å². The average Bonchev–Trinajstić information content (AvgIpc) is 2.64. The van der Waals surface area contributed by atoms with E-state index in [0.29, 0.717) is 31.8 Å². The van der Waals surface area contributed by atoms with E-state index in [1.54, 1.807) is 0 Å². The standard InChI is InChI=1S/C12H22O5S/c1-12(16-9-11(17-12)2-5-13)8-10-3-6-18(14,15)7-4-10/h10-11,13H,2-9H2,1H3. The molecule has 6 heteroatoms. The van der Waals surface area contributed by atoms with Crippen LogP contribution in [0.4, 0.5) is 0 Å². The molecule has 2 aliphatic heterocycles. The van der Waals surface area contributed by atoms with E-state index >= 15 is 0 Å². The summed E-state index contributed by atoms with van der Waals surface area (Å²) in [5.74, 6) is 0.319. The molecule has 2 rings (SSSR count). The van der Waals surface area contributed by atoms with E-state index in [1.165, 1.54) is 0 Å². The highest BCUT2D eigenvalue weighted by atomic mass is 32.2. The Kier molecular flexibility index (Phi) is 4.31. The lowest BCUT2D eigenvalue weighted by molar-refractivity contribution is -0.167. The van der Waals surface area contributed by atoms with Gasteiger partial charge in [0.1, 0.15) is 9.84 Å². The van der Waals surface area contributed by atoms with E-state index in [2.05, 4.69) is 0 Å². The van der Waals surface area contributed by atoms with Crippen molar-refractivity contribution in [2.45, 2.75) is 44.5 Å². The highest BCUT2D eigenvalue weighted by molar-refractivity contribution is 7.91. The molecule has 2 fully saturated rings. The third kappa shape index (κ3) is 3.66. The summed E-state index contributed by atoms with van der Waals surface area (Å²) < 4.78 is 34.2. The van der Waals surface area contributed by atoms with Crippen molar-refractivity contribution in [3.05, 3.63) is 0 Å². The molecule has 0 aliphatic carbocycles. The molecular weight excluding hydrogens is 256 g/mol. The van der Waals surface area contributed by atoms with Crippen LogP contribution in [-0.2, 0) is 19.3 Å². The lowest BCUT2D eigenvalue weighted by Crippen LogP contribution is -2.33. The Morgan fingerprint density at radius 3 is 2.61 bits per heavy atom. The molecule has 0 amide bonds. The van der Waals surface area contributed by atoms with Crippen LogP contribution in [0.5, 0.6) is 0 Å². The maximum atomic E-state index is 11.4. The summed E-state index contributed by atoms with van der Waals surface area (Å²) in [6.07, 6.45) is 2.70. The molecule has 0 saturated carbocycles. The second kappa shape index (κ2) is 5.45. The van der Waals surface area contributed by atoms with Gasteiger partial charge in [-0.25, -0.2) is 8.42 Å². The van der Waals surface area contributed by atoms with Gasteiger partial charge in [0.2, 0.25) is 0 Å². The third-order valence-electron chi connectivity index (χ3n) is 3.78. The molecule has 0 bridgehead atoms. The maximum absolute atomic E-state index is 11.4. The van der Waals surface area contributed by atoms with Crippen LogP contribution in [0.1, 0.15) is 32.6 Å². The Morgan fingerprint density at radius 2 is 2.00 bits per heavy atom. The fourth-order valence-corrected chi connectivity index (χ4v) is 4.34. The van der Waals surface area contributed by atoms with E-state index in [0.717, 1.165) is 6.42 Å². The summed E-state index contributed by atoms with van der Waals surface area (Å²) in [7, 11) is -2.80. The van der Waals surface area contributed by atoms with E-state index in [9.17, 15) is 8.42 Å². The van der Waals surface area contributed by atoms with Crippen molar-refractivity contribution in [3.63, 3.8) is 0 Å². The van der Waals surface area contributed by atoms with Crippen LogP contribution in [-0.4, -0.2) is 50.1 Å². The van der Waals surface area contributed by atoms with Gasteiger partial charge < -0.3 is 14.6 Å². The quantitative estimate of drug-likeness (QED) is 0.820. The van der Waals surface area contributed by atoms with Crippen LogP contribution in [0.15, 0.2) is 0 Å². The molecule has 2 atom stereocenters. The van der Waals surface area contributed by atoms with Gasteiger partial charge in [-0.1, -0.05) is 0 Å². The summed E-state index contributed by atoms with van der Waals surface area (Å²) >= 11 is 0. The smallest absolute Gasteiger partial charge is 0.166 e. The first-order valence-electron chi connectivity index (χ1n) is 6.55. The second-order valence-electron chi connectivity index (χ2n) is 5.50.